The second-order valence-electron chi connectivity index (χ2n) is 3.91. The Morgan fingerprint density at radius 3 is 2.50 bits per heavy atom. The van der Waals surface area contributed by atoms with Crippen LogP contribution in [0.15, 0.2) is 0 Å². The first-order valence-corrected chi connectivity index (χ1v) is 4.85. The highest BCUT2D eigenvalue weighted by atomic mass is 16.2. The minimum atomic E-state index is -0.811. The van der Waals surface area contributed by atoms with Gasteiger partial charge in [-0.1, -0.05) is 0 Å². The molecule has 0 radical (unpaired) electrons. The molecule has 1 saturated carbocycles. The van der Waals surface area contributed by atoms with Crippen LogP contribution in [0.2, 0.25) is 0 Å². The molecule has 0 aromatic heterocycles. The van der Waals surface area contributed by atoms with Crippen molar-refractivity contribution in [1.82, 2.24) is 5.32 Å². The molecule has 1 aliphatic rings. The number of rotatable bonds is 5. The van der Waals surface area contributed by atoms with Gasteiger partial charge >= 0.3 is 0 Å². The molecule has 80 valence electrons. The Hall–Kier alpha value is -1.10. The number of hydrogen-bond acceptors (Lipinski definition) is 3. The molecule has 2 atom stereocenters. The molecule has 0 aliphatic heterocycles. The Labute approximate surface area is 83.2 Å². The molecule has 1 fully saturated rings. The Morgan fingerprint density at radius 2 is 2.07 bits per heavy atom. The van der Waals surface area contributed by atoms with Crippen LogP contribution in [-0.4, -0.2) is 23.9 Å². The molecule has 0 saturated heterocycles. The Morgan fingerprint density at radius 1 is 1.50 bits per heavy atom. The highest BCUT2D eigenvalue weighted by Gasteiger charge is 2.30. The van der Waals surface area contributed by atoms with Gasteiger partial charge in [0.25, 0.3) is 0 Å². The summed E-state index contributed by atoms with van der Waals surface area (Å²) in [5.41, 5.74) is 10.4. The first-order valence-electron chi connectivity index (χ1n) is 4.85. The van der Waals surface area contributed by atoms with E-state index in [9.17, 15) is 9.59 Å². The van der Waals surface area contributed by atoms with Crippen molar-refractivity contribution in [3.63, 3.8) is 0 Å². The third kappa shape index (κ3) is 3.33. The fraction of sp³-hybridized carbons (Fsp3) is 0.778. The van der Waals surface area contributed by atoms with Gasteiger partial charge in [-0.15, -0.1) is 0 Å². The maximum absolute atomic E-state index is 11.4. The zero-order valence-electron chi connectivity index (χ0n) is 8.32. The fourth-order valence-corrected chi connectivity index (χ4v) is 1.35. The molecule has 0 bridgehead atoms. The van der Waals surface area contributed by atoms with E-state index in [1.54, 1.807) is 0 Å². The van der Waals surface area contributed by atoms with Crippen LogP contribution in [0.5, 0.6) is 0 Å². The second-order valence-corrected chi connectivity index (χ2v) is 3.91. The molecule has 5 heteroatoms. The van der Waals surface area contributed by atoms with E-state index in [0.717, 1.165) is 12.8 Å². The van der Waals surface area contributed by atoms with E-state index < -0.39 is 11.9 Å². The van der Waals surface area contributed by atoms with Crippen LogP contribution in [0.3, 0.4) is 0 Å². The fourth-order valence-electron chi connectivity index (χ4n) is 1.35. The van der Waals surface area contributed by atoms with Crippen molar-refractivity contribution in [2.45, 2.75) is 38.3 Å². The summed E-state index contributed by atoms with van der Waals surface area (Å²) in [5, 5.41) is 2.78. The predicted molar refractivity (Wildman–Crippen MR) is 52.1 cm³/mol. The molecule has 2 amide bonds. The number of nitrogens with one attached hydrogen (secondary N) is 1. The van der Waals surface area contributed by atoms with Gasteiger partial charge in [-0.3, -0.25) is 9.59 Å². The smallest absolute Gasteiger partial charge is 0.237 e. The topological polar surface area (TPSA) is 98.2 Å². The van der Waals surface area contributed by atoms with Gasteiger partial charge in [-0.2, -0.15) is 0 Å². The molecule has 1 rings (SSSR count). The summed E-state index contributed by atoms with van der Waals surface area (Å²) in [6, 6.07) is -0.657. The van der Waals surface area contributed by atoms with Crippen molar-refractivity contribution in [2.75, 3.05) is 0 Å². The van der Waals surface area contributed by atoms with Gasteiger partial charge in [0, 0.05) is 6.04 Å². The van der Waals surface area contributed by atoms with Crippen molar-refractivity contribution in [3.05, 3.63) is 0 Å². The maximum atomic E-state index is 11.4. The molecule has 0 heterocycles. The number of nitrogens with two attached hydrogens (primary N) is 2. The lowest BCUT2D eigenvalue weighted by Gasteiger charge is -2.15. The second kappa shape index (κ2) is 4.41. The number of primary amides is 1. The van der Waals surface area contributed by atoms with Crippen molar-refractivity contribution in [2.24, 2.45) is 17.4 Å². The molecule has 5 N–H and O–H groups in total. The van der Waals surface area contributed by atoms with E-state index >= 15 is 0 Å². The monoisotopic (exact) mass is 199 g/mol. The maximum Gasteiger partial charge on any atom is 0.237 e. The lowest BCUT2D eigenvalue weighted by atomic mass is 10.1. The van der Waals surface area contributed by atoms with Crippen LogP contribution in [0, 0.1) is 5.92 Å². The summed E-state index contributed by atoms with van der Waals surface area (Å²) < 4.78 is 0. The van der Waals surface area contributed by atoms with Gasteiger partial charge in [0.15, 0.2) is 0 Å². The molecule has 5 nitrogen and oxygen atoms in total. The molecule has 0 spiro atoms. The van der Waals surface area contributed by atoms with E-state index in [0.29, 0.717) is 5.92 Å². The van der Waals surface area contributed by atoms with Gasteiger partial charge in [0.1, 0.15) is 0 Å². The van der Waals surface area contributed by atoms with Crippen LogP contribution < -0.4 is 16.8 Å². The van der Waals surface area contributed by atoms with Crippen LogP contribution >= 0.6 is 0 Å². The molecular formula is C9H17N3O2. The van der Waals surface area contributed by atoms with Crippen LogP contribution in [0.25, 0.3) is 0 Å². The summed E-state index contributed by atoms with van der Waals surface area (Å²) in [6.45, 7) is 1.95. The molecule has 1 aliphatic carbocycles. The molecule has 0 aromatic carbocycles. The quantitative estimate of drug-likeness (QED) is 0.535. The minimum absolute atomic E-state index is 0.0940. The van der Waals surface area contributed by atoms with Gasteiger partial charge in [-0.05, 0) is 25.7 Å². The van der Waals surface area contributed by atoms with E-state index in [1.807, 2.05) is 6.92 Å². The first kappa shape index (κ1) is 11.0. The van der Waals surface area contributed by atoms with Gasteiger partial charge in [-0.25, -0.2) is 0 Å². The zero-order valence-corrected chi connectivity index (χ0v) is 8.32. The highest BCUT2D eigenvalue weighted by Crippen LogP contribution is 2.32. The summed E-state index contributed by atoms with van der Waals surface area (Å²) in [4.78, 5) is 21.9. The summed E-state index contributed by atoms with van der Waals surface area (Å²) in [5.74, 6) is -0.255. The molecule has 2 unspecified atom stereocenters. The first-order chi connectivity index (χ1) is 6.50. The highest BCUT2D eigenvalue weighted by molar-refractivity contribution is 5.87. The van der Waals surface area contributed by atoms with Crippen molar-refractivity contribution >= 4 is 11.8 Å². The Kier molecular flexibility index (Phi) is 3.46. The van der Waals surface area contributed by atoms with Crippen LogP contribution in [-0.2, 0) is 9.59 Å². The van der Waals surface area contributed by atoms with Crippen molar-refractivity contribution in [1.29, 1.82) is 0 Å². The average molecular weight is 199 g/mol. The Balaban J connectivity index is 2.28. The van der Waals surface area contributed by atoms with E-state index in [2.05, 4.69) is 5.32 Å². The SMILES string of the molecule is CC(NC(=O)C(N)CC(N)=O)C1CC1. The van der Waals surface area contributed by atoms with E-state index in [1.165, 1.54) is 0 Å². The molecule has 0 aromatic rings. The number of amides is 2. The van der Waals surface area contributed by atoms with E-state index in [-0.39, 0.29) is 18.4 Å². The lowest BCUT2D eigenvalue weighted by molar-refractivity contribution is -0.126. The van der Waals surface area contributed by atoms with Gasteiger partial charge in [0.05, 0.1) is 12.5 Å². The molecule has 14 heavy (non-hydrogen) atoms. The number of carbonyl (C=O) groups is 2. The predicted octanol–water partition coefficient (Wildman–Crippen LogP) is -0.896. The normalized spacial score (nSPS) is 19.9. The summed E-state index contributed by atoms with van der Waals surface area (Å²) in [6.07, 6.45) is 2.22. The number of hydrogen-bond donors (Lipinski definition) is 3. The minimum Gasteiger partial charge on any atom is -0.370 e. The number of carbonyl (C=O) groups excluding carboxylic acids is 2. The third-order valence-electron chi connectivity index (χ3n) is 2.46. The molecular weight excluding hydrogens is 182 g/mol. The Bertz CT molecular complexity index is 238. The van der Waals surface area contributed by atoms with Crippen LogP contribution in [0.1, 0.15) is 26.2 Å². The van der Waals surface area contributed by atoms with Crippen molar-refractivity contribution < 1.29 is 9.59 Å². The standard InChI is InChI=1S/C9H17N3O2/c1-5(6-2-3-6)12-9(14)7(10)4-8(11)13/h5-7H,2-4,10H2,1H3,(H2,11,13)(H,12,14). The zero-order chi connectivity index (χ0) is 10.7. The summed E-state index contributed by atoms with van der Waals surface area (Å²) in [7, 11) is 0. The van der Waals surface area contributed by atoms with Gasteiger partial charge < -0.3 is 16.8 Å². The van der Waals surface area contributed by atoms with Gasteiger partial charge in [0.2, 0.25) is 11.8 Å². The summed E-state index contributed by atoms with van der Waals surface area (Å²) >= 11 is 0. The largest absolute Gasteiger partial charge is 0.370 e. The van der Waals surface area contributed by atoms with E-state index in [4.69, 9.17) is 11.5 Å². The van der Waals surface area contributed by atoms with Crippen LogP contribution in [0.4, 0.5) is 0 Å². The van der Waals surface area contributed by atoms with Crippen molar-refractivity contribution in [3.8, 4) is 0 Å². The third-order valence-corrected chi connectivity index (χ3v) is 2.46. The lowest BCUT2D eigenvalue weighted by Crippen LogP contribution is -2.46. The average Bonchev–Trinajstić information content (AvgIpc) is 2.84.